The first-order valence-corrected chi connectivity index (χ1v) is 8.15. The van der Waals surface area contributed by atoms with Crippen LogP contribution >= 0.6 is 23.2 Å². The number of urea groups is 1. The number of carbonyl (C=O) groups is 2. The molecule has 1 aromatic rings. The summed E-state index contributed by atoms with van der Waals surface area (Å²) in [5.74, 6) is 0.289. The molecule has 3 amide bonds. The minimum absolute atomic E-state index is 0.0937. The zero-order valence-electron chi connectivity index (χ0n) is 12.8. The van der Waals surface area contributed by atoms with Gasteiger partial charge in [0.25, 0.3) is 5.91 Å². The van der Waals surface area contributed by atoms with E-state index in [-0.39, 0.29) is 18.5 Å². The predicted molar refractivity (Wildman–Crippen MR) is 89.2 cm³/mol. The van der Waals surface area contributed by atoms with E-state index in [2.05, 4.69) is 5.32 Å². The molecule has 23 heavy (non-hydrogen) atoms. The molecule has 0 radical (unpaired) electrons. The lowest BCUT2D eigenvalue weighted by Crippen LogP contribution is -2.53. The second-order valence-corrected chi connectivity index (χ2v) is 5.91. The zero-order chi connectivity index (χ0) is 16.8. The fourth-order valence-corrected chi connectivity index (χ4v) is 2.71. The third-order valence-electron chi connectivity index (χ3n) is 3.49. The SMILES string of the molecule is CCNC(=O)N1CCN(C(=O)COc2ccc(Cl)cc2Cl)CC1. The first-order chi connectivity index (χ1) is 11.0. The molecule has 0 aromatic heterocycles. The van der Waals surface area contributed by atoms with Gasteiger partial charge in [-0.3, -0.25) is 4.79 Å². The lowest BCUT2D eigenvalue weighted by Gasteiger charge is -2.34. The number of carbonyl (C=O) groups excluding carboxylic acids is 2. The standard InChI is InChI=1S/C15H19Cl2N3O3/c1-2-18-15(22)20-7-5-19(6-8-20)14(21)10-23-13-4-3-11(16)9-12(13)17/h3-4,9H,2,5-8,10H2,1H3,(H,18,22). The Kier molecular flexibility index (Phi) is 6.36. The first-order valence-electron chi connectivity index (χ1n) is 7.39. The van der Waals surface area contributed by atoms with Crippen LogP contribution in [-0.4, -0.2) is 61.1 Å². The molecule has 1 aliphatic rings. The number of rotatable bonds is 4. The summed E-state index contributed by atoms with van der Waals surface area (Å²) < 4.78 is 5.44. The van der Waals surface area contributed by atoms with Crippen LogP contribution in [0.3, 0.4) is 0 Å². The van der Waals surface area contributed by atoms with Gasteiger partial charge in [0.1, 0.15) is 5.75 Å². The Hall–Kier alpha value is -1.66. The second kappa shape index (κ2) is 8.26. The normalized spacial score (nSPS) is 14.6. The van der Waals surface area contributed by atoms with Crippen LogP contribution < -0.4 is 10.1 Å². The molecule has 0 atom stereocenters. The van der Waals surface area contributed by atoms with E-state index in [1.54, 1.807) is 28.0 Å². The van der Waals surface area contributed by atoms with E-state index in [0.29, 0.717) is 48.5 Å². The van der Waals surface area contributed by atoms with Crippen LogP contribution in [0.1, 0.15) is 6.92 Å². The van der Waals surface area contributed by atoms with E-state index in [4.69, 9.17) is 27.9 Å². The smallest absolute Gasteiger partial charge is 0.317 e. The van der Waals surface area contributed by atoms with E-state index >= 15 is 0 Å². The van der Waals surface area contributed by atoms with Gasteiger partial charge in [0.05, 0.1) is 5.02 Å². The van der Waals surface area contributed by atoms with Gasteiger partial charge in [-0.1, -0.05) is 23.2 Å². The van der Waals surface area contributed by atoms with Crippen LogP contribution in [0, 0.1) is 0 Å². The molecule has 6 nitrogen and oxygen atoms in total. The van der Waals surface area contributed by atoms with Gasteiger partial charge >= 0.3 is 6.03 Å². The number of amides is 3. The molecule has 1 fully saturated rings. The maximum absolute atomic E-state index is 12.2. The Morgan fingerprint density at radius 1 is 1.17 bits per heavy atom. The van der Waals surface area contributed by atoms with Gasteiger partial charge in [0, 0.05) is 37.7 Å². The van der Waals surface area contributed by atoms with Crippen molar-refractivity contribution < 1.29 is 14.3 Å². The number of nitrogens with one attached hydrogen (secondary N) is 1. The first kappa shape index (κ1) is 17.7. The monoisotopic (exact) mass is 359 g/mol. The molecule has 1 saturated heterocycles. The van der Waals surface area contributed by atoms with Gasteiger partial charge in [-0.05, 0) is 25.1 Å². The third-order valence-corrected chi connectivity index (χ3v) is 4.02. The van der Waals surface area contributed by atoms with Crippen molar-refractivity contribution >= 4 is 35.1 Å². The fourth-order valence-electron chi connectivity index (χ4n) is 2.25. The van der Waals surface area contributed by atoms with Gasteiger partial charge in [-0.2, -0.15) is 0 Å². The van der Waals surface area contributed by atoms with Crippen LogP contribution in [0.4, 0.5) is 4.79 Å². The Morgan fingerprint density at radius 2 is 1.83 bits per heavy atom. The fraction of sp³-hybridized carbons (Fsp3) is 0.467. The predicted octanol–water partition coefficient (Wildman–Crippen LogP) is 2.25. The minimum Gasteiger partial charge on any atom is -0.482 e. The van der Waals surface area contributed by atoms with Crippen molar-refractivity contribution in [2.45, 2.75) is 6.92 Å². The minimum atomic E-state index is -0.133. The third kappa shape index (κ3) is 4.91. The molecule has 2 rings (SSSR count). The van der Waals surface area contributed by atoms with Crippen molar-refractivity contribution in [1.29, 1.82) is 0 Å². The number of halogens is 2. The maximum Gasteiger partial charge on any atom is 0.317 e. The largest absolute Gasteiger partial charge is 0.482 e. The Morgan fingerprint density at radius 3 is 2.43 bits per heavy atom. The van der Waals surface area contributed by atoms with Crippen molar-refractivity contribution in [1.82, 2.24) is 15.1 Å². The number of ether oxygens (including phenoxy) is 1. The highest BCUT2D eigenvalue weighted by Crippen LogP contribution is 2.27. The molecule has 8 heteroatoms. The van der Waals surface area contributed by atoms with Crippen LogP contribution in [0.2, 0.25) is 10.0 Å². The van der Waals surface area contributed by atoms with Crippen molar-refractivity contribution in [3.8, 4) is 5.75 Å². The number of nitrogens with zero attached hydrogens (tertiary/aromatic N) is 2. The average Bonchev–Trinajstić information content (AvgIpc) is 2.54. The van der Waals surface area contributed by atoms with Crippen molar-refractivity contribution in [2.75, 3.05) is 39.3 Å². The van der Waals surface area contributed by atoms with Gasteiger partial charge in [-0.15, -0.1) is 0 Å². The molecule has 126 valence electrons. The van der Waals surface area contributed by atoms with Gasteiger partial charge in [0.15, 0.2) is 6.61 Å². The lowest BCUT2D eigenvalue weighted by atomic mass is 10.3. The summed E-state index contributed by atoms with van der Waals surface area (Å²) >= 11 is 11.8. The molecule has 1 N–H and O–H groups in total. The highest BCUT2D eigenvalue weighted by molar-refractivity contribution is 6.35. The van der Waals surface area contributed by atoms with Crippen molar-refractivity contribution in [3.05, 3.63) is 28.2 Å². The molecule has 1 aromatic carbocycles. The molecular formula is C15H19Cl2N3O3. The summed E-state index contributed by atoms with van der Waals surface area (Å²) in [6.45, 7) is 4.38. The molecule has 0 aliphatic carbocycles. The Balaban J connectivity index is 1.80. The number of hydrogen-bond acceptors (Lipinski definition) is 3. The highest BCUT2D eigenvalue weighted by atomic mass is 35.5. The van der Waals surface area contributed by atoms with Crippen LogP contribution in [0.5, 0.6) is 5.75 Å². The average molecular weight is 360 g/mol. The summed E-state index contributed by atoms with van der Waals surface area (Å²) in [5.41, 5.74) is 0. The summed E-state index contributed by atoms with van der Waals surface area (Å²) in [6, 6.07) is 4.75. The summed E-state index contributed by atoms with van der Waals surface area (Å²) in [6.07, 6.45) is 0. The molecule has 1 heterocycles. The van der Waals surface area contributed by atoms with Gasteiger partial charge in [-0.25, -0.2) is 4.79 Å². The molecule has 1 aliphatic heterocycles. The molecule has 0 spiro atoms. The summed E-state index contributed by atoms with van der Waals surface area (Å²) in [4.78, 5) is 27.3. The van der Waals surface area contributed by atoms with Crippen molar-refractivity contribution in [2.24, 2.45) is 0 Å². The summed E-state index contributed by atoms with van der Waals surface area (Å²) in [5, 5.41) is 3.63. The van der Waals surface area contributed by atoms with Crippen LogP contribution in [-0.2, 0) is 4.79 Å². The van der Waals surface area contributed by atoms with E-state index in [0.717, 1.165) is 0 Å². The Labute approximate surface area is 145 Å². The zero-order valence-corrected chi connectivity index (χ0v) is 14.4. The quantitative estimate of drug-likeness (QED) is 0.896. The van der Waals surface area contributed by atoms with Gasteiger partial charge in [0.2, 0.25) is 0 Å². The van der Waals surface area contributed by atoms with E-state index in [1.807, 2.05) is 6.92 Å². The highest BCUT2D eigenvalue weighted by Gasteiger charge is 2.24. The molecule has 0 bridgehead atoms. The van der Waals surface area contributed by atoms with E-state index < -0.39 is 0 Å². The number of benzene rings is 1. The topological polar surface area (TPSA) is 61.9 Å². The maximum atomic E-state index is 12.2. The summed E-state index contributed by atoms with van der Waals surface area (Å²) in [7, 11) is 0. The molecule has 0 saturated carbocycles. The molecular weight excluding hydrogens is 341 g/mol. The second-order valence-electron chi connectivity index (χ2n) is 5.07. The lowest BCUT2D eigenvalue weighted by molar-refractivity contribution is -0.134. The number of hydrogen-bond donors (Lipinski definition) is 1. The van der Waals surface area contributed by atoms with Crippen LogP contribution in [0.15, 0.2) is 18.2 Å². The van der Waals surface area contributed by atoms with Gasteiger partial charge < -0.3 is 19.9 Å². The van der Waals surface area contributed by atoms with E-state index in [9.17, 15) is 9.59 Å². The number of piperazine rings is 1. The Bertz CT molecular complexity index is 575. The van der Waals surface area contributed by atoms with Crippen LogP contribution in [0.25, 0.3) is 0 Å². The van der Waals surface area contributed by atoms with Crippen molar-refractivity contribution in [3.63, 3.8) is 0 Å². The molecule has 0 unspecified atom stereocenters. The van der Waals surface area contributed by atoms with E-state index in [1.165, 1.54) is 0 Å².